The Bertz CT molecular complexity index is 143. The van der Waals surface area contributed by atoms with Gasteiger partial charge in [-0.2, -0.15) is 0 Å². The van der Waals surface area contributed by atoms with Gasteiger partial charge in [0, 0.05) is 12.3 Å². The zero-order chi connectivity index (χ0) is 8.85. The summed E-state index contributed by atoms with van der Waals surface area (Å²) in [6.07, 6.45) is 1.56. The van der Waals surface area contributed by atoms with Crippen LogP contribution in [0, 0.1) is 5.92 Å². The summed E-state index contributed by atoms with van der Waals surface area (Å²) in [5.74, 6) is 0.219. The molecule has 0 bridgehead atoms. The largest absolute Gasteiger partial charge is 0.322 e. The summed E-state index contributed by atoms with van der Waals surface area (Å²) in [4.78, 5) is 21.0. The first-order valence-electron chi connectivity index (χ1n) is 3.81. The SMILES string of the molecule is CC(C)C(=O)CCC(N)C=O. The topological polar surface area (TPSA) is 60.2 Å². The molecule has 3 heteroatoms. The summed E-state index contributed by atoms with van der Waals surface area (Å²) in [7, 11) is 0. The van der Waals surface area contributed by atoms with Crippen LogP contribution in [0.4, 0.5) is 0 Å². The second kappa shape index (κ2) is 5.02. The summed E-state index contributed by atoms with van der Waals surface area (Å²) in [6.45, 7) is 3.68. The van der Waals surface area contributed by atoms with Crippen LogP contribution in [-0.4, -0.2) is 18.1 Å². The van der Waals surface area contributed by atoms with Crippen molar-refractivity contribution in [3.63, 3.8) is 0 Å². The lowest BCUT2D eigenvalue weighted by Gasteiger charge is -2.04. The molecule has 1 unspecified atom stereocenters. The van der Waals surface area contributed by atoms with Crippen LogP contribution < -0.4 is 5.73 Å². The van der Waals surface area contributed by atoms with E-state index in [4.69, 9.17) is 5.73 Å². The highest BCUT2D eigenvalue weighted by atomic mass is 16.1. The van der Waals surface area contributed by atoms with E-state index >= 15 is 0 Å². The highest BCUT2D eigenvalue weighted by Crippen LogP contribution is 2.02. The lowest BCUT2D eigenvalue weighted by atomic mass is 10.0. The second-order valence-electron chi connectivity index (χ2n) is 2.96. The third-order valence-electron chi connectivity index (χ3n) is 1.54. The number of hydrogen-bond acceptors (Lipinski definition) is 3. The fourth-order valence-electron chi connectivity index (χ4n) is 0.666. The molecule has 0 radical (unpaired) electrons. The van der Waals surface area contributed by atoms with Gasteiger partial charge in [0.05, 0.1) is 6.04 Å². The van der Waals surface area contributed by atoms with Crippen LogP contribution in [0.5, 0.6) is 0 Å². The summed E-state index contributed by atoms with van der Waals surface area (Å²) < 4.78 is 0. The molecule has 0 saturated carbocycles. The van der Waals surface area contributed by atoms with Gasteiger partial charge in [-0.15, -0.1) is 0 Å². The van der Waals surface area contributed by atoms with Crippen molar-refractivity contribution in [2.24, 2.45) is 11.7 Å². The maximum absolute atomic E-state index is 11.0. The minimum absolute atomic E-state index is 0.0499. The first kappa shape index (κ1) is 10.3. The Morgan fingerprint density at radius 1 is 1.55 bits per heavy atom. The number of rotatable bonds is 5. The average molecular weight is 157 g/mol. The fourth-order valence-corrected chi connectivity index (χ4v) is 0.666. The van der Waals surface area contributed by atoms with Crippen LogP contribution >= 0.6 is 0 Å². The number of carbonyl (C=O) groups excluding carboxylic acids is 2. The molecule has 0 aromatic heterocycles. The number of carbonyl (C=O) groups is 2. The van der Waals surface area contributed by atoms with Crippen molar-refractivity contribution < 1.29 is 9.59 Å². The van der Waals surface area contributed by atoms with Crippen molar-refractivity contribution in [3.05, 3.63) is 0 Å². The van der Waals surface area contributed by atoms with Gasteiger partial charge >= 0.3 is 0 Å². The van der Waals surface area contributed by atoms with Gasteiger partial charge in [-0.1, -0.05) is 13.8 Å². The summed E-state index contributed by atoms with van der Waals surface area (Å²) in [5.41, 5.74) is 5.30. The van der Waals surface area contributed by atoms with Crippen LogP contribution in [0.1, 0.15) is 26.7 Å². The van der Waals surface area contributed by atoms with Gasteiger partial charge in [-0.25, -0.2) is 0 Å². The first-order valence-corrected chi connectivity index (χ1v) is 3.81. The predicted molar refractivity (Wildman–Crippen MR) is 43.1 cm³/mol. The molecule has 0 aromatic rings. The monoisotopic (exact) mass is 157 g/mol. The van der Waals surface area contributed by atoms with Crippen molar-refractivity contribution in [2.75, 3.05) is 0 Å². The van der Waals surface area contributed by atoms with E-state index in [0.717, 1.165) is 0 Å². The van der Waals surface area contributed by atoms with Crippen molar-refractivity contribution in [2.45, 2.75) is 32.7 Å². The molecular weight excluding hydrogens is 142 g/mol. The van der Waals surface area contributed by atoms with Crippen LogP contribution in [0.25, 0.3) is 0 Å². The first-order chi connectivity index (χ1) is 5.07. The molecule has 0 spiro atoms. The third kappa shape index (κ3) is 4.67. The molecule has 0 fully saturated rings. The molecule has 2 N–H and O–H groups in total. The van der Waals surface area contributed by atoms with Crippen LogP contribution in [0.15, 0.2) is 0 Å². The van der Waals surface area contributed by atoms with Crippen LogP contribution in [-0.2, 0) is 9.59 Å². The number of ketones is 1. The minimum Gasteiger partial charge on any atom is -0.322 e. The lowest BCUT2D eigenvalue weighted by Crippen LogP contribution is -2.23. The smallest absolute Gasteiger partial charge is 0.136 e. The number of Topliss-reactive ketones (excluding diaryl/α,β-unsaturated/α-hetero) is 1. The van der Waals surface area contributed by atoms with Gasteiger partial charge in [-0.05, 0) is 6.42 Å². The highest BCUT2D eigenvalue weighted by Gasteiger charge is 2.08. The highest BCUT2D eigenvalue weighted by molar-refractivity contribution is 5.80. The molecule has 0 rings (SSSR count). The fraction of sp³-hybridized carbons (Fsp3) is 0.750. The molecule has 3 nitrogen and oxygen atoms in total. The quantitative estimate of drug-likeness (QED) is 0.592. The van der Waals surface area contributed by atoms with Gasteiger partial charge in [0.2, 0.25) is 0 Å². The Balaban J connectivity index is 3.54. The van der Waals surface area contributed by atoms with Gasteiger partial charge in [0.15, 0.2) is 0 Å². The normalized spacial score (nSPS) is 13.1. The average Bonchev–Trinajstić information content (AvgIpc) is 1.99. The molecule has 0 aliphatic heterocycles. The molecule has 1 atom stereocenters. The lowest BCUT2D eigenvalue weighted by molar-refractivity contribution is -0.122. The number of aldehydes is 1. The molecule has 64 valence electrons. The van der Waals surface area contributed by atoms with Crippen LogP contribution in [0.2, 0.25) is 0 Å². The summed E-state index contributed by atoms with van der Waals surface area (Å²) in [6, 6.07) is -0.474. The van der Waals surface area contributed by atoms with Crippen molar-refractivity contribution in [3.8, 4) is 0 Å². The van der Waals surface area contributed by atoms with Gasteiger partial charge in [-0.3, -0.25) is 4.79 Å². The molecule has 0 saturated heterocycles. The summed E-state index contributed by atoms with van der Waals surface area (Å²) >= 11 is 0. The zero-order valence-electron chi connectivity index (χ0n) is 7.04. The Labute approximate surface area is 67.0 Å². The van der Waals surface area contributed by atoms with Crippen molar-refractivity contribution in [1.82, 2.24) is 0 Å². The molecule has 0 amide bonds. The van der Waals surface area contributed by atoms with E-state index in [1.54, 1.807) is 0 Å². The number of nitrogens with two attached hydrogens (primary N) is 1. The Hall–Kier alpha value is -0.700. The molecular formula is C8H15NO2. The minimum atomic E-state index is -0.474. The van der Waals surface area contributed by atoms with E-state index in [1.807, 2.05) is 13.8 Å². The van der Waals surface area contributed by atoms with E-state index in [0.29, 0.717) is 19.1 Å². The maximum Gasteiger partial charge on any atom is 0.136 e. The molecule has 11 heavy (non-hydrogen) atoms. The molecule has 0 aliphatic carbocycles. The van der Waals surface area contributed by atoms with E-state index < -0.39 is 6.04 Å². The Morgan fingerprint density at radius 2 is 2.09 bits per heavy atom. The maximum atomic E-state index is 11.0. The predicted octanol–water partition coefficient (Wildman–Crippen LogP) is 0.518. The Kier molecular flexibility index (Phi) is 4.70. The van der Waals surface area contributed by atoms with Gasteiger partial charge in [0.1, 0.15) is 12.1 Å². The second-order valence-corrected chi connectivity index (χ2v) is 2.96. The van der Waals surface area contributed by atoms with E-state index in [-0.39, 0.29) is 11.7 Å². The van der Waals surface area contributed by atoms with Crippen molar-refractivity contribution in [1.29, 1.82) is 0 Å². The molecule has 0 heterocycles. The standard InChI is InChI=1S/C8H15NO2/c1-6(2)8(11)4-3-7(9)5-10/h5-7H,3-4,9H2,1-2H3. The number of hydrogen-bond donors (Lipinski definition) is 1. The van der Waals surface area contributed by atoms with Crippen LogP contribution in [0.3, 0.4) is 0 Å². The van der Waals surface area contributed by atoms with E-state index in [1.165, 1.54) is 0 Å². The summed E-state index contributed by atoms with van der Waals surface area (Å²) in [5, 5.41) is 0. The van der Waals surface area contributed by atoms with Crippen molar-refractivity contribution >= 4 is 12.1 Å². The Morgan fingerprint density at radius 3 is 2.45 bits per heavy atom. The zero-order valence-corrected chi connectivity index (χ0v) is 7.04. The molecule has 0 aliphatic rings. The van der Waals surface area contributed by atoms with Gasteiger partial charge < -0.3 is 10.5 Å². The van der Waals surface area contributed by atoms with E-state index in [2.05, 4.69) is 0 Å². The molecule has 0 aromatic carbocycles. The third-order valence-corrected chi connectivity index (χ3v) is 1.54. The van der Waals surface area contributed by atoms with E-state index in [9.17, 15) is 9.59 Å². The van der Waals surface area contributed by atoms with Gasteiger partial charge in [0.25, 0.3) is 0 Å².